The van der Waals surface area contributed by atoms with E-state index in [0.29, 0.717) is 11.5 Å². The van der Waals surface area contributed by atoms with Crippen molar-refractivity contribution >= 4 is 32.9 Å². The maximum atomic E-state index is 10.7. The molecule has 5 heterocycles. The van der Waals surface area contributed by atoms with E-state index >= 15 is 0 Å². The third kappa shape index (κ3) is 20.7. The van der Waals surface area contributed by atoms with Gasteiger partial charge in [-0.15, -0.1) is 28.2 Å². The average Bonchev–Trinajstić information content (AvgIpc) is 3.56. The van der Waals surface area contributed by atoms with Crippen LogP contribution in [-0.2, 0) is 9.84 Å². The van der Waals surface area contributed by atoms with Crippen molar-refractivity contribution in [2.45, 2.75) is 33.1 Å². The van der Waals surface area contributed by atoms with Gasteiger partial charge in [0.1, 0.15) is 35.1 Å². The van der Waals surface area contributed by atoms with Crippen molar-refractivity contribution in [3.05, 3.63) is 66.3 Å². The highest BCUT2D eigenvalue weighted by atomic mass is 32.2. The van der Waals surface area contributed by atoms with Gasteiger partial charge in [-0.25, -0.2) is 28.4 Å². The van der Waals surface area contributed by atoms with Gasteiger partial charge in [-0.1, -0.05) is 19.9 Å². The van der Waals surface area contributed by atoms with E-state index in [0.717, 1.165) is 19.3 Å². The van der Waals surface area contributed by atoms with Crippen LogP contribution in [0.25, 0.3) is 0 Å². The molecule has 3 aromatic rings. The summed E-state index contributed by atoms with van der Waals surface area (Å²) in [6.45, 7) is 0. The fourth-order valence-corrected chi connectivity index (χ4v) is 4.37. The van der Waals surface area contributed by atoms with E-state index in [2.05, 4.69) is 46.6 Å². The molecule has 0 amide bonds. The smallest absolute Gasteiger partial charge is 0.150 e. The molecule has 0 spiro atoms. The predicted molar refractivity (Wildman–Crippen MR) is 127 cm³/mol. The zero-order chi connectivity index (χ0) is 21.6. The fourth-order valence-electron chi connectivity index (χ4n) is 1.85. The molecule has 0 unspecified atom stereocenters. The summed E-state index contributed by atoms with van der Waals surface area (Å²) in [6.07, 6.45) is 16.9. The zero-order valence-electron chi connectivity index (χ0n) is 16.5. The summed E-state index contributed by atoms with van der Waals surface area (Å²) in [5.41, 5.74) is 1.79. The highest BCUT2D eigenvalue weighted by Crippen LogP contribution is 2.11. The molecule has 0 atom stereocenters. The minimum atomic E-state index is -2.58. The minimum absolute atomic E-state index is 0. The Morgan fingerprint density at radius 2 is 1.45 bits per heavy atom. The van der Waals surface area contributed by atoms with Gasteiger partial charge in [-0.3, -0.25) is 4.98 Å². The lowest BCUT2D eigenvalue weighted by Gasteiger charge is -2.08. The number of hydrogen-bond acceptors (Lipinski definition) is 11. The Morgan fingerprint density at radius 1 is 0.742 bits per heavy atom. The third-order valence-corrected chi connectivity index (χ3v) is 6.36. The first kappa shape index (κ1) is 28.7. The second kappa shape index (κ2) is 20.9. The molecule has 3 aromatic heterocycles. The lowest BCUT2D eigenvalue weighted by molar-refractivity contribution is 0.575. The molecule has 5 rings (SSSR count). The molecule has 12 heteroatoms. The number of nitrogens with zero attached hydrogens (tertiary/aromatic N) is 7. The lowest BCUT2D eigenvalue weighted by Crippen LogP contribution is -2.15. The number of sulfone groups is 1. The van der Waals surface area contributed by atoms with Crippen molar-refractivity contribution in [2.75, 3.05) is 17.3 Å². The largest absolute Gasteiger partial charge is 0.253 e. The standard InChI is InChI=1S/C5H10O2S.C4H6S.2C3H3N3.C3H3NS.CH4/c6-8(7)4-2-1-3-5-8;1-2-4-5-3-1;1-4-2-6-3-5-1;1-2-5-6-3-4-1;1-2-5-3-4-1;/h1-5H2;1,3H,2,4H2;2*1-3H;1-3H;1H4. The monoisotopic (exact) mass is 483 g/mol. The van der Waals surface area contributed by atoms with Gasteiger partial charge in [0.2, 0.25) is 0 Å². The topological polar surface area (TPSA) is 124 Å². The van der Waals surface area contributed by atoms with Crippen LogP contribution in [0.3, 0.4) is 0 Å². The van der Waals surface area contributed by atoms with E-state index in [9.17, 15) is 8.42 Å². The van der Waals surface area contributed by atoms with Crippen molar-refractivity contribution in [1.29, 1.82) is 0 Å². The Hall–Kier alpha value is -2.31. The van der Waals surface area contributed by atoms with Crippen LogP contribution in [0, 0.1) is 0 Å². The molecule has 0 radical (unpaired) electrons. The van der Waals surface area contributed by atoms with Crippen LogP contribution in [0.5, 0.6) is 0 Å². The molecule has 0 bridgehead atoms. The predicted octanol–water partition coefficient (Wildman–Crippen LogP) is 3.74. The highest BCUT2D eigenvalue weighted by Gasteiger charge is 2.14. The van der Waals surface area contributed by atoms with Crippen LogP contribution in [0.1, 0.15) is 33.1 Å². The summed E-state index contributed by atoms with van der Waals surface area (Å²) in [4.78, 5) is 18.0. The summed E-state index contributed by atoms with van der Waals surface area (Å²) in [6, 6.07) is 0. The summed E-state index contributed by atoms with van der Waals surface area (Å²) >= 11 is 3.50. The van der Waals surface area contributed by atoms with E-state index in [1.54, 1.807) is 29.2 Å². The van der Waals surface area contributed by atoms with Crippen LogP contribution in [0.4, 0.5) is 0 Å². The SMILES string of the molecule is C.C1=CSCC1.O=S1(=O)CCCCC1.c1cnncn1.c1cscn1.c1ncncn1. The average molecular weight is 484 g/mol. The highest BCUT2D eigenvalue weighted by molar-refractivity contribution is 8.02. The summed E-state index contributed by atoms with van der Waals surface area (Å²) < 4.78 is 21.3. The second-order valence-corrected chi connectivity index (χ2v) is 9.58. The third-order valence-electron chi connectivity index (χ3n) is 3.16. The Morgan fingerprint density at radius 3 is 1.65 bits per heavy atom. The molecule has 0 aliphatic carbocycles. The van der Waals surface area contributed by atoms with Crippen LogP contribution >= 0.6 is 23.1 Å². The molecule has 9 nitrogen and oxygen atoms in total. The maximum Gasteiger partial charge on any atom is 0.150 e. The number of thioether (sulfide) groups is 1. The quantitative estimate of drug-likeness (QED) is 0.467. The number of rotatable bonds is 0. The van der Waals surface area contributed by atoms with Crippen molar-refractivity contribution in [1.82, 2.24) is 35.1 Å². The molecule has 2 aliphatic rings. The van der Waals surface area contributed by atoms with E-state index in [1.165, 1.54) is 43.7 Å². The number of hydrogen-bond donors (Lipinski definition) is 0. The summed E-state index contributed by atoms with van der Waals surface area (Å²) in [5.74, 6) is 2.15. The van der Waals surface area contributed by atoms with Crippen LogP contribution in [0.2, 0.25) is 0 Å². The zero-order valence-corrected chi connectivity index (χ0v) is 18.9. The van der Waals surface area contributed by atoms with Gasteiger partial charge in [0.05, 0.1) is 23.2 Å². The van der Waals surface area contributed by atoms with E-state index < -0.39 is 9.84 Å². The van der Waals surface area contributed by atoms with E-state index in [4.69, 9.17) is 0 Å². The number of thiazole rings is 1. The first-order valence-electron chi connectivity index (χ1n) is 9.11. The number of allylic oxidation sites excluding steroid dienone is 1. The lowest BCUT2D eigenvalue weighted by atomic mass is 10.3. The fraction of sp³-hybridized carbons (Fsp3) is 0.421. The Kier molecular flexibility index (Phi) is 19.4. The van der Waals surface area contributed by atoms with Crippen LogP contribution in [-0.4, -0.2) is 60.8 Å². The Balaban J connectivity index is 0.000000364. The molecule has 0 aromatic carbocycles. The normalized spacial score (nSPS) is 14.8. The molecular weight excluding hydrogens is 454 g/mol. The van der Waals surface area contributed by atoms with Crippen molar-refractivity contribution in [3.8, 4) is 0 Å². The summed E-state index contributed by atoms with van der Waals surface area (Å²) in [5, 5.41) is 11.0. The molecule has 170 valence electrons. The van der Waals surface area contributed by atoms with Gasteiger partial charge in [0.15, 0.2) is 0 Å². The molecule has 0 saturated carbocycles. The minimum Gasteiger partial charge on any atom is -0.253 e. The van der Waals surface area contributed by atoms with Crippen molar-refractivity contribution in [3.63, 3.8) is 0 Å². The molecular formula is C19H29N7O2S3. The van der Waals surface area contributed by atoms with Crippen molar-refractivity contribution in [2.24, 2.45) is 0 Å². The van der Waals surface area contributed by atoms with Crippen LogP contribution in [0.15, 0.2) is 66.3 Å². The molecule has 1 saturated heterocycles. The Bertz CT molecular complexity index is 717. The van der Waals surface area contributed by atoms with Gasteiger partial charge in [0, 0.05) is 23.5 Å². The van der Waals surface area contributed by atoms with Gasteiger partial charge in [-0.05, 0) is 24.7 Å². The van der Waals surface area contributed by atoms with Gasteiger partial charge in [0.25, 0.3) is 0 Å². The van der Waals surface area contributed by atoms with Gasteiger partial charge < -0.3 is 0 Å². The van der Waals surface area contributed by atoms with Gasteiger partial charge >= 0.3 is 0 Å². The molecule has 1 fully saturated rings. The van der Waals surface area contributed by atoms with Gasteiger partial charge in [-0.2, -0.15) is 5.10 Å². The molecule has 2 aliphatic heterocycles. The van der Waals surface area contributed by atoms with Crippen LogP contribution < -0.4 is 0 Å². The molecule has 31 heavy (non-hydrogen) atoms. The number of aromatic nitrogens is 7. The van der Waals surface area contributed by atoms with Crippen molar-refractivity contribution < 1.29 is 8.42 Å². The molecule has 0 N–H and O–H groups in total. The second-order valence-electron chi connectivity index (χ2n) is 5.51. The van der Waals surface area contributed by atoms with E-state index in [1.807, 2.05) is 17.1 Å². The van der Waals surface area contributed by atoms with E-state index in [-0.39, 0.29) is 7.43 Å². The maximum absolute atomic E-state index is 10.7. The first-order valence-corrected chi connectivity index (χ1v) is 12.9. The first-order chi connectivity index (χ1) is 14.7. The Labute approximate surface area is 192 Å². The summed E-state index contributed by atoms with van der Waals surface area (Å²) in [7, 11) is -2.58.